The Morgan fingerprint density at radius 1 is 0.949 bits per heavy atom. The van der Waals surface area contributed by atoms with Crippen LogP contribution in [0.5, 0.6) is 5.75 Å². The summed E-state index contributed by atoms with van der Waals surface area (Å²) in [7, 11) is 1.50. The first-order valence-corrected chi connectivity index (χ1v) is 13.1. The topological polar surface area (TPSA) is 116 Å². The first kappa shape index (κ1) is 27.7. The van der Waals surface area contributed by atoms with Crippen LogP contribution in [0.3, 0.4) is 0 Å². The maximum atomic E-state index is 13.4. The summed E-state index contributed by atoms with van der Waals surface area (Å²) in [4.78, 5) is 39.8. The van der Waals surface area contributed by atoms with Crippen LogP contribution in [-0.4, -0.2) is 58.8 Å². The molecule has 4 rings (SSSR count). The van der Waals surface area contributed by atoms with E-state index in [4.69, 9.17) is 4.74 Å². The highest BCUT2D eigenvalue weighted by Gasteiger charge is 2.36. The summed E-state index contributed by atoms with van der Waals surface area (Å²) in [6, 6.07) is 20.1. The molecule has 3 unspecified atom stereocenters. The van der Waals surface area contributed by atoms with Gasteiger partial charge in [-0.3, -0.25) is 9.69 Å². The number of fused-ring (bicyclic) bond motifs is 3. The molecule has 0 saturated carbocycles. The number of nitrogens with one attached hydrogen (secondary N) is 1. The van der Waals surface area contributed by atoms with Crippen molar-refractivity contribution in [2.45, 2.75) is 44.7 Å². The van der Waals surface area contributed by atoms with Crippen molar-refractivity contribution in [3.8, 4) is 16.9 Å². The van der Waals surface area contributed by atoms with Gasteiger partial charge in [0.2, 0.25) is 5.91 Å². The highest BCUT2D eigenvalue weighted by atomic mass is 16.6. The van der Waals surface area contributed by atoms with Crippen molar-refractivity contribution >= 4 is 18.0 Å². The van der Waals surface area contributed by atoms with E-state index in [2.05, 4.69) is 17.4 Å². The molecule has 3 atom stereocenters. The molecule has 0 aliphatic heterocycles. The van der Waals surface area contributed by atoms with Gasteiger partial charge in [-0.1, -0.05) is 80.9 Å². The van der Waals surface area contributed by atoms with Crippen LogP contribution in [0.2, 0.25) is 0 Å². The Morgan fingerprint density at radius 3 is 2.05 bits per heavy atom. The summed E-state index contributed by atoms with van der Waals surface area (Å²) in [5, 5.41) is 21.9. The number of aliphatic carboxylic acids is 1. The Hall–Kier alpha value is -4.33. The predicted octanol–water partition coefficient (Wildman–Crippen LogP) is 4.80. The minimum atomic E-state index is -1.20. The average molecular weight is 531 g/mol. The third-order valence-corrected chi connectivity index (χ3v) is 7.48. The number of carboxylic acid groups (broad SMARTS) is 1. The fourth-order valence-corrected chi connectivity index (χ4v) is 5.17. The molecule has 0 spiro atoms. The van der Waals surface area contributed by atoms with Gasteiger partial charge >= 0.3 is 12.1 Å². The number of nitrogens with zero attached hydrogens (tertiary/aromatic N) is 1. The number of carboxylic acids is 1. The molecule has 0 radical (unpaired) electrons. The number of phenols is 1. The minimum absolute atomic E-state index is 0.0310. The number of ether oxygens (including phenoxy) is 1. The van der Waals surface area contributed by atoms with E-state index in [1.165, 1.54) is 24.1 Å². The van der Waals surface area contributed by atoms with Gasteiger partial charge < -0.3 is 20.3 Å². The third-order valence-electron chi connectivity index (χ3n) is 7.48. The summed E-state index contributed by atoms with van der Waals surface area (Å²) < 4.78 is 5.75. The van der Waals surface area contributed by atoms with Crippen LogP contribution in [0.4, 0.5) is 4.79 Å². The molecule has 0 fully saturated rings. The summed E-state index contributed by atoms with van der Waals surface area (Å²) >= 11 is 0. The van der Waals surface area contributed by atoms with E-state index in [1.54, 1.807) is 12.1 Å². The summed E-state index contributed by atoms with van der Waals surface area (Å²) in [5.41, 5.74) is 5.05. The Balaban J connectivity index is 1.46. The maximum absolute atomic E-state index is 13.4. The van der Waals surface area contributed by atoms with E-state index in [-0.39, 0.29) is 30.6 Å². The molecule has 0 heterocycles. The van der Waals surface area contributed by atoms with Gasteiger partial charge in [0.25, 0.3) is 0 Å². The number of phenolic OH excluding ortho intramolecular Hbond substituents is 1. The van der Waals surface area contributed by atoms with Crippen molar-refractivity contribution in [2.75, 3.05) is 13.7 Å². The molecule has 1 aliphatic carbocycles. The molecular weight excluding hydrogens is 496 g/mol. The molecule has 39 heavy (non-hydrogen) atoms. The van der Waals surface area contributed by atoms with Crippen LogP contribution in [0, 0.1) is 5.92 Å². The second kappa shape index (κ2) is 12.0. The molecule has 0 bridgehead atoms. The van der Waals surface area contributed by atoms with Gasteiger partial charge in [0, 0.05) is 19.4 Å². The molecule has 0 aromatic heterocycles. The number of carbonyl (C=O) groups excluding carboxylic acids is 2. The Labute approximate surface area is 228 Å². The van der Waals surface area contributed by atoms with E-state index < -0.39 is 30.1 Å². The molecule has 8 nitrogen and oxygen atoms in total. The number of rotatable bonds is 10. The van der Waals surface area contributed by atoms with Crippen LogP contribution >= 0.6 is 0 Å². The van der Waals surface area contributed by atoms with Gasteiger partial charge in [-0.05, 0) is 45.9 Å². The van der Waals surface area contributed by atoms with Crippen LogP contribution in [0.1, 0.15) is 42.9 Å². The van der Waals surface area contributed by atoms with Crippen LogP contribution in [0.25, 0.3) is 11.1 Å². The van der Waals surface area contributed by atoms with Crippen molar-refractivity contribution in [2.24, 2.45) is 5.92 Å². The van der Waals surface area contributed by atoms with Gasteiger partial charge in [-0.15, -0.1) is 0 Å². The molecule has 3 aromatic carbocycles. The lowest BCUT2D eigenvalue weighted by Gasteiger charge is -2.32. The molecule has 8 heteroatoms. The number of aromatic hydroxyl groups is 1. The number of hydrogen-bond acceptors (Lipinski definition) is 5. The quantitative estimate of drug-likeness (QED) is 0.347. The molecule has 204 valence electrons. The second-order valence-corrected chi connectivity index (χ2v) is 10.0. The van der Waals surface area contributed by atoms with Gasteiger partial charge in [0.15, 0.2) is 0 Å². The fraction of sp³-hybridized carbons (Fsp3) is 0.323. The van der Waals surface area contributed by atoms with Crippen molar-refractivity contribution in [3.63, 3.8) is 0 Å². The normalized spacial score (nSPS) is 14.4. The zero-order valence-electron chi connectivity index (χ0n) is 22.3. The van der Waals surface area contributed by atoms with Crippen LogP contribution < -0.4 is 5.32 Å². The lowest BCUT2D eigenvalue weighted by molar-refractivity contribution is -0.142. The van der Waals surface area contributed by atoms with E-state index >= 15 is 0 Å². The van der Waals surface area contributed by atoms with Crippen molar-refractivity contribution in [3.05, 3.63) is 89.5 Å². The van der Waals surface area contributed by atoms with Gasteiger partial charge in [0.05, 0.1) is 0 Å². The third kappa shape index (κ3) is 6.06. The predicted molar refractivity (Wildman–Crippen MR) is 147 cm³/mol. The number of benzene rings is 3. The highest BCUT2D eigenvalue weighted by molar-refractivity contribution is 5.89. The fourth-order valence-electron chi connectivity index (χ4n) is 5.17. The van der Waals surface area contributed by atoms with Crippen molar-refractivity contribution in [1.82, 2.24) is 10.2 Å². The van der Waals surface area contributed by atoms with E-state index in [0.717, 1.165) is 22.3 Å². The lowest BCUT2D eigenvalue weighted by atomic mass is 9.96. The number of amides is 2. The summed E-state index contributed by atoms with van der Waals surface area (Å²) in [6.45, 7) is 3.86. The zero-order chi connectivity index (χ0) is 28.1. The SMILES string of the molecule is CCC(C)C(C(=O)NC(Cc1ccc(O)cc1)C(=O)O)N(C)C(=O)OCC1c2ccccc2-c2ccccc21. The molecule has 1 aliphatic rings. The number of likely N-dealkylation sites (N-methyl/N-ethyl adjacent to an activating group) is 1. The Kier molecular flexibility index (Phi) is 8.54. The Bertz CT molecular complexity index is 1290. The summed E-state index contributed by atoms with van der Waals surface area (Å²) in [6.07, 6.45) is -0.0272. The first-order valence-electron chi connectivity index (χ1n) is 13.1. The maximum Gasteiger partial charge on any atom is 0.410 e. The molecule has 0 saturated heterocycles. The average Bonchev–Trinajstić information content (AvgIpc) is 3.26. The van der Waals surface area contributed by atoms with Gasteiger partial charge in [0.1, 0.15) is 24.4 Å². The van der Waals surface area contributed by atoms with Crippen molar-refractivity contribution in [1.29, 1.82) is 0 Å². The van der Waals surface area contributed by atoms with Crippen LogP contribution in [0.15, 0.2) is 72.8 Å². The minimum Gasteiger partial charge on any atom is -0.508 e. The Morgan fingerprint density at radius 2 is 1.51 bits per heavy atom. The van der Waals surface area contributed by atoms with E-state index in [1.807, 2.05) is 50.2 Å². The number of carbonyl (C=O) groups is 3. The largest absolute Gasteiger partial charge is 0.508 e. The standard InChI is InChI=1S/C31H34N2O6/c1-4-19(2)28(29(35)32-27(30(36)37)17-20-13-15-21(34)16-14-20)33(3)31(38)39-18-26-24-11-7-5-9-22(24)23-10-6-8-12-25(23)26/h5-16,19,26-28,34H,4,17-18H2,1-3H3,(H,32,35)(H,36,37). The van der Waals surface area contributed by atoms with E-state index in [9.17, 15) is 24.6 Å². The van der Waals surface area contributed by atoms with Crippen molar-refractivity contribution < 1.29 is 29.3 Å². The summed E-state index contributed by atoms with van der Waals surface area (Å²) in [5.74, 6) is -2.06. The van der Waals surface area contributed by atoms with Gasteiger partial charge in [-0.2, -0.15) is 0 Å². The second-order valence-electron chi connectivity index (χ2n) is 10.0. The van der Waals surface area contributed by atoms with E-state index in [0.29, 0.717) is 12.0 Å². The first-order chi connectivity index (χ1) is 18.7. The molecule has 2 amide bonds. The monoisotopic (exact) mass is 530 g/mol. The zero-order valence-corrected chi connectivity index (χ0v) is 22.3. The molecule has 3 N–H and O–H groups in total. The lowest BCUT2D eigenvalue weighted by Crippen LogP contribution is -2.55. The molecular formula is C31H34N2O6. The highest BCUT2D eigenvalue weighted by Crippen LogP contribution is 2.44. The van der Waals surface area contributed by atoms with Crippen LogP contribution in [-0.2, 0) is 20.7 Å². The smallest absolute Gasteiger partial charge is 0.410 e. The number of hydrogen-bond donors (Lipinski definition) is 3. The molecule has 3 aromatic rings. The van der Waals surface area contributed by atoms with Gasteiger partial charge in [-0.25, -0.2) is 9.59 Å².